The average Bonchev–Trinajstić information content (AvgIpc) is 3.23. The minimum Gasteiger partial charge on any atom is -0.376 e. The van der Waals surface area contributed by atoms with Gasteiger partial charge in [0.15, 0.2) is 0 Å². The normalized spacial score (nSPS) is 17.3. The summed E-state index contributed by atoms with van der Waals surface area (Å²) >= 11 is 2.25. The van der Waals surface area contributed by atoms with Gasteiger partial charge >= 0.3 is 0 Å². The zero-order valence-electron chi connectivity index (χ0n) is 12.6. The number of hydrogen-bond donors (Lipinski definition) is 1. The predicted molar refractivity (Wildman–Crippen MR) is 92.8 cm³/mol. The van der Waals surface area contributed by atoms with Gasteiger partial charge in [0.25, 0.3) is 0 Å². The molecule has 7 heteroatoms. The van der Waals surface area contributed by atoms with Crippen LogP contribution in [0.5, 0.6) is 0 Å². The van der Waals surface area contributed by atoms with Gasteiger partial charge < -0.3 is 14.6 Å². The van der Waals surface area contributed by atoms with Crippen molar-refractivity contribution in [1.29, 1.82) is 0 Å². The molecule has 23 heavy (non-hydrogen) atoms. The van der Waals surface area contributed by atoms with Crippen molar-refractivity contribution >= 4 is 28.5 Å². The fourth-order valence-electron chi connectivity index (χ4n) is 2.41. The van der Waals surface area contributed by atoms with E-state index in [1.54, 1.807) is 0 Å². The van der Waals surface area contributed by atoms with Gasteiger partial charge in [0, 0.05) is 35.1 Å². The molecular weight excluding hydrogens is 409 g/mol. The lowest BCUT2D eigenvalue weighted by atomic mass is 10.2. The van der Waals surface area contributed by atoms with Crippen LogP contribution >= 0.6 is 22.6 Å². The van der Waals surface area contributed by atoms with Crippen LogP contribution < -0.4 is 5.32 Å². The smallest absolute Gasteiger partial charge is 0.227 e. The van der Waals surface area contributed by atoms with Gasteiger partial charge in [0.1, 0.15) is 0 Å². The Labute approximate surface area is 148 Å². The van der Waals surface area contributed by atoms with Gasteiger partial charge in [-0.15, -0.1) is 0 Å². The molecule has 1 N–H and O–H groups in total. The molecule has 0 radical (unpaired) electrons. The van der Waals surface area contributed by atoms with Gasteiger partial charge in [-0.2, -0.15) is 4.98 Å². The second kappa shape index (κ2) is 7.87. The third kappa shape index (κ3) is 4.74. The highest BCUT2D eigenvalue weighted by molar-refractivity contribution is 14.1. The zero-order chi connectivity index (χ0) is 16.1. The molecule has 1 aliphatic heterocycles. The van der Waals surface area contributed by atoms with E-state index in [0.717, 1.165) is 28.6 Å². The highest BCUT2D eigenvalue weighted by Crippen LogP contribution is 2.17. The summed E-state index contributed by atoms with van der Waals surface area (Å²) in [7, 11) is 0. The first-order valence-corrected chi connectivity index (χ1v) is 8.75. The van der Waals surface area contributed by atoms with E-state index in [-0.39, 0.29) is 12.0 Å². The van der Waals surface area contributed by atoms with Crippen molar-refractivity contribution in [3.05, 3.63) is 33.7 Å². The topological polar surface area (TPSA) is 77.2 Å². The summed E-state index contributed by atoms with van der Waals surface area (Å²) in [5.41, 5.74) is 0.906. The molecule has 0 bridgehead atoms. The van der Waals surface area contributed by atoms with Crippen molar-refractivity contribution in [1.82, 2.24) is 15.5 Å². The van der Waals surface area contributed by atoms with Gasteiger partial charge in [-0.25, -0.2) is 0 Å². The lowest BCUT2D eigenvalue weighted by Crippen LogP contribution is -2.31. The minimum absolute atomic E-state index is 0.0190. The third-order valence-electron chi connectivity index (χ3n) is 3.69. The summed E-state index contributed by atoms with van der Waals surface area (Å²) in [4.78, 5) is 16.2. The molecule has 2 aromatic rings. The van der Waals surface area contributed by atoms with Crippen molar-refractivity contribution < 1.29 is 14.1 Å². The van der Waals surface area contributed by atoms with Crippen LogP contribution in [0.25, 0.3) is 11.4 Å². The number of nitrogens with one attached hydrogen (secondary N) is 1. The summed E-state index contributed by atoms with van der Waals surface area (Å²) in [6.07, 6.45) is 3.03. The van der Waals surface area contributed by atoms with E-state index in [4.69, 9.17) is 9.26 Å². The molecule has 6 nitrogen and oxygen atoms in total. The predicted octanol–water partition coefficient (Wildman–Crippen LogP) is 2.57. The number of halogens is 1. The number of nitrogens with zero attached hydrogens (tertiary/aromatic N) is 2. The summed E-state index contributed by atoms with van der Waals surface area (Å²) in [6.45, 7) is 1.38. The fraction of sp³-hybridized carbons (Fsp3) is 0.438. The molecule has 1 aromatic heterocycles. The standard InChI is InChI=1S/C16H18IN3O3/c17-12-5-3-11(4-6-12)16-19-15(23-20-16)8-7-14(21)18-10-13-2-1-9-22-13/h3-6,13H,1-2,7-10H2,(H,18,21). The number of carbonyl (C=O) groups is 1. The lowest BCUT2D eigenvalue weighted by molar-refractivity contribution is -0.121. The number of carbonyl (C=O) groups excluding carboxylic acids is 1. The molecule has 122 valence electrons. The van der Waals surface area contributed by atoms with E-state index >= 15 is 0 Å². The van der Waals surface area contributed by atoms with Crippen molar-refractivity contribution in [2.24, 2.45) is 0 Å². The maximum Gasteiger partial charge on any atom is 0.227 e. The first kappa shape index (κ1) is 16.4. The molecule has 2 heterocycles. The molecule has 0 spiro atoms. The number of amides is 1. The minimum atomic E-state index is -0.0190. The van der Waals surface area contributed by atoms with Gasteiger partial charge in [0.2, 0.25) is 17.6 Å². The second-order valence-corrected chi connectivity index (χ2v) is 6.70. The van der Waals surface area contributed by atoms with Crippen LogP contribution in [0.3, 0.4) is 0 Å². The number of aryl methyl sites for hydroxylation is 1. The highest BCUT2D eigenvalue weighted by Gasteiger charge is 2.16. The number of rotatable bonds is 6. The Hall–Kier alpha value is -1.48. The largest absolute Gasteiger partial charge is 0.376 e. The van der Waals surface area contributed by atoms with Crippen LogP contribution in [-0.2, 0) is 16.0 Å². The molecule has 1 fully saturated rings. The van der Waals surface area contributed by atoms with Crippen molar-refractivity contribution in [3.63, 3.8) is 0 Å². The fourth-order valence-corrected chi connectivity index (χ4v) is 2.77. The molecule has 1 aromatic carbocycles. The molecule has 3 rings (SSSR count). The van der Waals surface area contributed by atoms with Gasteiger partial charge in [-0.05, 0) is 47.6 Å². The molecule has 1 atom stereocenters. The molecule has 1 saturated heterocycles. The molecule has 0 saturated carbocycles. The lowest BCUT2D eigenvalue weighted by Gasteiger charge is -2.09. The van der Waals surface area contributed by atoms with Crippen molar-refractivity contribution in [3.8, 4) is 11.4 Å². The number of ether oxygens (including phenoxy) is 1. The Morgan fingerprint density at radius 3 is 2.91 bits per heavy atom. The van der Waals surface area contributed by atoms with E-state index in [9.17, 15) is 4.79 Å². The Morgan fingerprint density at radius 2 is 2.17 bits per heavy atom. The van der Waals surface area contributed by atoms with E-state index in [1.165, 1.54) is 0 Å². The zero-order valence-corrected chi connectivity index (χ0v) is 14.8. The van der Waals surface area contributed by atoms with E-state index in [2.05, 4.69) is 38.0 Å². The maximum absolute atomic E-state index is 11.8. The van der Waals surface area contributed by atoms with Crippen molar-refractivity contribution in [2.75, 3.05) is 13.2 Å². The Bertz CT molecular complexity index is 651. The van der Waals surface area contributed by atoms with Gasteiger partial charge in [-0.1, -0.05) is 17.3 Å². The molecule has 1 amide bonds. The van der Waals surface area contributed by atoms with Crippen molar-refractivity contribution in [2.45, 2.75) is 31.8 Å². The highest BCUT2D eigenvalue weighted by atomic mass is 127. The quantitative estimate of drug-likeness (QED) is 0.718. The molecule has 0 aliphatic carbocycles. The SMILES string of the molecule is O=C(CCc1nc(-c2ccc(I)cc2)no1)NCC1CCCO1. The first-order chi connectivity index (χ1) is 11.2. The first-order valence-electron chi connectivity index (χ1n) is 7.67. The molecular formula is C16H18IN3O3. The monoisotopic (exact) mass is 427 g/mol. The van der Waals surface area contributed by atoms with Crippen LogP contribution in [0.1, 0.15) is 25.2 Å². The summed E-state index contributed by atoms with van der Waals surface area (Å²) in [6, 6.07) is 7.88. The van der Waals surface area contributed by atoms with Crippen LogP contribution in [0.15, 0.2) is 28.8 Å². The van der Waals surface area contributed by atoms with Crippen LogP contribution in [0.4, 0.5) is 0 Å². The molecule has 1 unspecified atom stereocenters. The van der Waals surface area contributed by atoms with E-state index < -0.39 is 0 Å². The Kier molecular flexibility index (Phi) is 5.60. The second-order valence-electron chi connectivity index (χ2n) is 5.46. The molecule has 1 aliphatic rings. The van der Waals surface area contributed by atoms with Crippen LogP contribution in [0, 0.1) is 3.57 Å². The summed E-state index contributed by atoms with van der Waals surface area (Å²) in [5.74, 6) is 1.01. The van der Waals surface area contributed by atoms with Gasteiger partial charge in [0.05, 0.1) is 6.10 Å². The Morgan fingerprint density at radius 1 is 1.35 bits per heavy atom. The van der Waals surface area contributed by atoms with E-state index in [0.29, 0.717) is 31.1 Å². The number of benzene rings is 1. The maximum atomic E-state index is 11.8. The third-order valence-corrected chi connectivity index (χ3v) is 4.41. The van der Waals surface area contributed by atoms with E-state index in [1.807, 2.05) is 24.3 Å². The number of aromatic nitrogens is 2. The summed E-state index contributed by atoms with van der Waals surface area (Å²) < 4.78 is 11.8. The van der Waals surface area contributed by atoms with Gasteiger partial charge in [-0.3, -0.25) is 4.79 Å². The van der Waals surface area contributed by atoms with Crippen LogP contribution in [-0.4, -0.2) is 35.3 Å². The Balaban J connectivity index is 1.47. The van der Waals surface area contributed by atoms with Crippen LogP contribution in [0.2, 0.25) is 0 Å². The number of hydrogen-bond acceptors (Lipinski definition) is 5. The summed E-state index contributed by atoms with van der Waals surface area (Å²) in [5, 5.41) is 6.85. The average molecular weight is 427 g/mol.